The van der Waals surface area contributed by atoms with Gasteiger partial charge in [-0.25, -0.2) is 4.79 Å². The Balaban J connectivity index is 1.59. The Bertz CT molecular complexity index is 995. The molecule has 3 rings (SSSR count). The zero-order valence-corrected chi connectivity index (χ0v) is 21.7. The molecule has 1 aliphatic rings. The number of anilines is 1. The van der Waals surface area contributed by atoms with E-state index in [-0.39, 0.29) is 24.1 Å². The molecule has 2 aromatic carbocycles. The van der Waals surface area contributed by atoms with E-state index in [0.29, 0.717) is 18.7 Å². The molecule has 7 heteroatoms. The van der Waals surface area contributed by atoms with Crippen LogP contribution >= 0.6 is 15.9 Å². The van der Waals surface area contributed by atoms with Crippen molar-refractivity contribution in [2.45, 2.75) is 65.1 Å². The highest BCUT2D eigenvalue weighted by Crippen LogP contribution is 2.23. The summed E-state index contributed by atoms with van der Waals surface area (Å²) in [7, 11) is 0. The van der Waals surface area contributed by atoms with Crippen LogP contribution in [0.1, 0.15) is 68.1 Å². The summed E-state index contributed by atoms with van der Waals surface area (Å²) < 4.78 is 6.46. The van der Waals surface area contributed by atoms with E-state index in [9.17, 15) is 9.59 Å². The Morgan fingerprint density at radius 1 is 1.12 bits per heavy atom. The Hall–Kier alpha value is -2.54. The lowest BCUT2D eigenvalue weighted by atomic mass is 10.0. The van der Waals surface area contributed by atoms with E-state index in [1.54, 1.807) is 4.90 Å². The summed E-state index contributed by atoms with van der Waals surface area (Å²) in [6.45, 7) is 10.9. The van der Waals surface area contributed by atoms with Crippen molar-refractivity contribution < 1.29 is 14.3 Å². The fraction of sp³-hybridized carbons (Fsp3) is 0.462. The maximum absolute atomic E-state index is 13.0. The van der Waals surface area contributed by atoms with Gasteiger partial charge in [0.25, 0.3) is 5.91 Å². The number of ether oxygens (including phenoxy) is 1. The molecule has 0 aromatic heterocycles. The predicted octanol–water partition coefficient (Wildman–Crippen LogP) is 6.06. The van der Waals surface area contributed by atoms with Crippen LogP contribution in [0, 0.1) is 6.92 Å². The monoisotopic (exact) mass is 515 g/mol. The number of aryl methyl sites for hydroxylation is 1. The molecule has 0 bridgehead atoms. The highest BCUT2D eigenvalue weighted by Gasteiger charge is 2.27. The van der Waals surface area contributed by atoms with Crippen LogP contribution in [0.4, 0.5) is 10.5 Å². The molecule has 1 fully saturated rings. The molecular weight excluding hydrogens is 482 g/mol. The summed E-state index contributed by atoms with van der Waals surface area (Å²) >= 11 is 3.48. The molecular formula is C26H34BrN3O3. The minimum absolute atomic E-state index is 0.0941. The summed E-state index contributed by atoms with van der Waals surface area (Å²) in [6.07, 6.45) is 1.40. The number of halogens is 1. The maximum atomic E-state index is 13.0. The van der Waals surface area contributed by atoms with E-state index in [1.807, 2.05) is 77.1 Å². The summed E-state index contributed by atoms with van der Waals surface area (Å²) in [4.78, 5) is 27.0. The molecule has 0 aliphatic carbocycles. The first-order valence-electron chi connectivity index (χ1n) is 11.4. The van der Waals surface area contributed by atoms with Crippen LogP contribution in [0.3, 0.4) is 0 Å². The van der Waals surface area contributed by atoms with Gasteiger partial charge in [-0.1, -0.05) is 34.1 Å². The van der Waals surface area contributed by atoms with E-state index in [4.69, 9.17) is 4.74 Å². The van der Waals surface area contributed by atoms with Crippen molar-refractivity contribution >= 4 is 33.6 Å². The second-order valence-electron chi connectivity index (χ2n) is 9.67. The fourth-order valence-electron chi connectivity index (χ4n) is 3.86. The van der Waals surface area contributed by atoms with Gasteiger partial charge in [0.1, 0.15) is 5.60 Å². The Morgan fingerprint density at radius 3 is 2.45 bits per heavy atom. The molecule has 178 valence electrons. The van der Waals surface area contributed by atoms with Crippen molar-refractivity contribution in [3.8, 4) is 0 Å². The minimum Gasteiger partial charge on any atom is -0.444 e. The molecule has 1 aliphatic heterocycles. The third-order valence-electron chi connectivity index (χ3n) is 5.70. The normalized spacial score (nSPS) is 15.6. The van der Waals surface area contributed by atoms with Crippen LogP contribution in [-0.2, 0) is 4.74 Å². The van der Waals surface area contributed by atoms with Crippen molar-refractivity contribution in [2.24, 2.45) is 0 Å². The number of carbonyl (C=O) groups is 2. The molecule has 0 spiro atoms. The van der Waals surface area contributed by atoms with Crippen LogP contribution < -0.4 is 10.6 Å². The summed E-state index contributed by atoms with van der Waals surface area (Å²) in [5.41, 5.74) is 3.06. The number of likely N-dealkylation sites (tertiary alicyclic amines) is 1. The van der Waals surface area contributed by atoms with Gasteiger partial charge in [-0.3, -0.25) is 4.79 Å². The number of carbonyl (C=O) groups excluding carboxylic acids is 2. The molecule has 2 amide bonds. The Labute approximate surface area is 205 Å². The first-order chi connectivity index (χ1) is 15.5. The van der Waals surface area contributed by atoms with E-state index in [2.05, 4.69) is 26.6 Å². The SMILES string of the molecule is Cc1ccc(NC2CCN(C(=O)OC(C)(C)C)CC2)cc1C(=O)NC(C)c1cccc(Br)c1. The predicted molar refractivity (Wildman–Crippen MR) is 136 cm³/mol. The molecule has 1 atom stereocenters. The first kappa shape index (κ1) is 25.1. The van der Waals surface area contributed by atoms with Crippen molar-refractivity contribution in [2.75, 3.05) is 18.4 Å². The van der Waals surface area contributed by atoms with Crippen LogP contribution in [-0.4, -0.2) is 41.6 Å². The van der Waals surface area contributed by atoms with E-state index >= 15 is 0 Å². The molecule has 33 heavy (non-hydrogen) atoms. The van der Waals surface area contributed by atoms with Crippen molar-refractivity contribution in [1.29, 1.82) is 0 Å². The third kappa shape index (κ3) is 7.22. The number of benzene rings is 2. The fourth-order valence-corrected chi connectivity index (χ4v) is 4.28. The number of hydrogen-bond acceptors (Lipinski definition) is 4. The van der Waals surface area contributed by atoms with Gasteiger partial charge in [0, 0.05) is 34.9 Å². The van der Waals surface area contributed by atoms with Gasteiger partial charge in [-0.15, -0.1) is 0 Å². The first-order valence-corrected chi connectivity index (χ1v) is 12.2. The average molecular weight is 516 g/mol. The molecule has 2 aromatic rings. The third-order valence-corrected chi connectivity index (χ3v) is 6.19. The van der Waals surface area contributed by atoms with Crippen molar-refractivity contribution in [3.05, 3.63) is 63.6 Å². The number of nitrogens with one attached hydrogen (secondary N) is 2. The smallest absolute Gasteiger partial charge is 0.410 e. The standard InChI is InChI=1S/C26H34BrN3O3/c1-17-9-10-22(29-21-11-13-30(14-12-21)25(32)33-26(3,4)5)16-23(17)24(31)28-18(2)19-7-6-8-20(27)15-19/h6-10,15-16,18,21,29H,11-14H2,1-5H3,(H,28,31). The summed E-state index contributed by atoms with van der Waals surface area (Å²) in [5.74, 6) is -0.0941. The summed E-state index contributed by atoms with van der Waals surface area (Å²) in [6, 6.07) is 14.0. The second kappa shape index (κ2) is 10.6. The van der Waals surface area contributed by atoms with Crippen molar-refractivity contribution in [1.82, 2.24) is 10.2 Å². The number of rotatable bonds is 5. The Kier molecular flexibility index (Phi) is 8.05. The van der Waals surface area contributed by atoms with Gasteiger partial charge in [0.05, 0.1) is 6.04 Å². The molecule has 0 radical (unpaired) electrons. The molecule has 2 N–H and O–H groups in total. The highest BCUT2D eigenvalue weighted by molar-refractivity contribution is 9.10. The zero-order valence-electron chi connectivity index (χ0n) is 20.1. The maximum Gasteiger partial charge on any atom is 0.410 e. The second-order valence-corrected chi connectivity index (χ2v) is 10.6. The zero-order chi connectivity index (χ0) is 24.2. The average Bonchev–Trinajstić information content (AvgIpc) is 2.74. The van der Waals surface area contributed by atoms with Crippen LogP contribution in [0.15, 0.2) is 46.9 Å². The largest absolute Gasteiger partial charge is 0.444 e. The minimum atomic E-state index is -0.487. The number of amides is 2. The van der Waals surface area contributed by atoms with Crippen LogP contribution in [0.5, 0.6) is 0 Å². The Morgan fingerprint density at radius 2 is 1.82 bits per heavy atom. The molecule has 6 nitrogen and oxygen atoms in total. The lowest BCUT2D eigenvalue weighted by Gasteiger charge is -2.34. The number of piperidine rings is 1. The summed E-state index contributed by atoms with van der Waals surface area (Å²) in [5, 5.41) is 6.64. The number of nitrogens with zero attached hydrogens (tertiary/aromatic N) is 1. The number of hydrogen-bond donors (Lipinski definition) is 2. The lowest BCUT2D eigenvalue weighted by Crippen LogP contribution is -2.44. The van der Waals surface area contributed by atoms with Gasteiger partial charge in [0.2, 0.25) is 0 Å². The van der Waals surface area contributed by atoms with Gasteiger partial charge < -0.3 is 20.3 Å². The van der Waals surface area contributed by atoms with Crippen molar-refractivity contribution in [3.63, 3.8) is 0 Å². The van der Waals surface area contributed by atoms with Crippen LogP contribution in [0.2, 0.25) is 0 Å². The quantitative estimate of drug-likeness (QED) is 0.507. The molecule has 1 unspecified atom stereocenters. The molecule has 1 saturated heterocycles. The van der Waals surface area contributed by atoms with E-state index in [1.165, 1.54) is 0 Å². The van der Waals surface area contributed by atoms with Gasteiger partial charge >= 0.3 is 6.09 Å². The topological polar surface area (TPSA) is 70.7 Å². The van der Waals surface area contributed by atoms with Crippen LogP contribution in [0.25, 0.3) is 0 Å². The van der Waals surface area contributed by atoms with Gasteiger partial charge in [-0.05, 0) is 82.9 Å². The highest BCUT2D eigenvalue weighted by atomic mass is 79.9. The lowest BCUT2D eigenvalue weighted by molar-refractivity contribution is 0.0210. The van der Waals surface area contributed by atoms with Gasteiger partial charge in [0.15, 0.2) is 0 Å². The van der Waals surface area contributed by atoms with E-state index in [0.717, 1.165) is 34.1 Å². The molecule has 0 saturated carbocycles. The molecule has 1 heterocycles. The van der Waals surface area contributed by atoms with Gasteiger partial charge in [-0.2, -0.15) is 0 Å². The van der Waals surface area contributed by atoms with E-state index < -0.39 is 5.60 Å².